The number of benzene rings is 2. The monoisotopic (exact) mass is 398 g/mol. The van der Waals surface area contributed by atoms with Gasteiger partial charge in [0.15, 0.2) is 5.84 Å². The van der Waals surface area contributed by atoms with Crippen molar-refractivity contribution in [2.75, 3.05) is 12.9 Å². The molecule has 0 N–H and O–H groups in total. The van der Waals surface area contributed by atoms with E-state index in [1.54, 1.807) is 25.1 Å². The molecule has 25 heavy (non-hydrogen) atoms. The third kappa shape index (κ3) is 4.18. The summed E-state index contributed by atoms with van der Waals surface area (Å²) in [5.74, 6) is 0.436. The molecule has 1 aliphatic rings. The Morgan fingerprint density at radius 3 is 2.48 bits per heavy atom. The maximum absolute atomic E-state index is 12.7. The molecule has 1 aliphatic heterocycles. The van der Waals surface area contributed by atoms with Crippen LogP contribution in [-0.4, -0.2) is 23.6 Å². The normalized spacial score (nSPS) is 20.1. The highest BCUT2D eigenvalue weighted by molar-refractivity contribution is 7.53. The highest BCUT2D eigenvalue weighted by atomic mass is 35.5. The quantitative estimate of drug-likeness (QED) is 0.634. The lowest BCUT2D eigenvalue weighted by molar-refractivity contribution is 0.191. The molecule has 132 valence electrons. The van der Waals surface area contributed by atoms with Gasteiger partial charge in [-0.05, 0) is 24.6 Å². The van der Waals surface area contributed by atoms with Gasteiger partial charge in [0.1, 0.15) is 6.29 Å². The zero-order chi connectivity index (χ0) is 17.9. The lowest BCUT2D eigenvalue weighted by Crippen LogP contribution is -2.36. The van der Waals surface area contributed by atoms with Gasteiger partial charge in [-0.1, -0.05) is 64.8 Å². The van der Waals surface area contributed by atoms with Crippen molar-refractivity contribution in [3.63, 3.8) is 0 Å². The molecule has 0 bridgehead atoms. The van der Waals surface area contributed by atoms with Crippen LogP contribution in [0.1, 0.15) is 18.1 Å². The first-order valence-corrected chi connectivity index (χ1v) is 10.2. The Labute approximate surface area is 156 Å². The number of hydrogen-bond acceptors (Lipinski definition) is 5. The SMILES string of the molecule is CCOP1(=O)CN(Cc2ccccc2)C(c2c(Cl)cccc2Cl)=NO1. The van der Waals surface area contributed by atoms with Crippen molar-refractivity contribution in [3.05, 3.63) is 69.7 Å². The highest BCUT2D eigenvalue weighted by Crippen LogP contribution is 2.52. The lowest BCUT2D eigenvalue weighted by atomic mass is 10.1. The maximum atomic E-state index is 12.7. The molecule has 2 aromatic carbocycles. The fourth-order valence-electron chi connectivity index (χ4n) is 2.57. The second kappa shape index (κ2) is 7.79. The van der Waals surface area contributed by atoms with E-state index in [1.165, 1.54) is 0 Å². The Hall–Kier alpha value is -1.52. The standard InChI is InChI=1S/C17H17Cl2N2O3P/c1-2-23-25(22)12-21(11-13-7-4-3-5-8-13)17(20-24-25)16-14(18)9-6-10-15(16)19/h3-10H,2,11-12H2,1H3. The Morgan fingerprint density at radius 1 is 1.16 bits per heavy atom. The molecule has 0 amide bonds. The first-order chi connectivity index (χ1) is 12.0. The predicted molar refractivity (Wildman–Crippen MR) is 100 cm³/mol. The van der Waals surface area contributed by atoms with Crippen LogP contribution in [0.15, 0.2) is 53.7 Å². The fraction of sp³-hybridized carbons (Fsp3) is 0.235. The van der Waals surface area contributed by atoms with Crippen LogP contribution >= 0.6 is 30.8 Å². The van der Waals surface area contributed by atoms with Crippen LogP contribution < -0.4 is 0 Å². The van der Waals surface area contributed by atoms with Crippen LogP contribution in [0.5, 0.6) is 0 Å². The summed E-state index contributed by atoms with van der Waals surface area (Å²) < 4.78 is 23.2. The summed E-state index contributed by atoms with van der Waals surface area (Å²) in [6, 6.07) is 15.0. The zero-order valence-corrected chi connectivity index (χ0v) is 16.0. The van der Waals surface area contributed by atoms with Crippen LogP contribution in [0.4, 0.5) is 0 Å². The topological polar surface area (TPSA) is 51.1 Å². The van der Waals surface area contributed by atoms with Gasteiger partial charge < -0.3 is 9.52 Å². The lowest BCUT2D eigenvalue weighted by Gasteiger charge is -2.32. The minimum Gasteiger partial charge on any atom is -0.336 e. The molecule has 0 aromatic heterocycles. The second-order valence-electron chi connectivity index (χ2n) is 5.45. The highest BCUT2D eigenvalue weighted by Gasteiger charge is 2.37. The molecule has 2 aromatic rings. The Kier molecular flexibility index (Phi) is 5.70. The third-order valence-electron chi connectivity index (χ3n) is 3.62. The van der Waals surface area contributed by atoms with Gasteiger partial charge in [-0.25, -0.2) is 4.57 Å². The second-order valence-corrected chi connectivity index (χ2v) is 8.19. The minimum atomic E-state index is -3.34. The van der Waals surface area contributed by atoms with E-state index in [4.69, 9.17) is 32.4 Å². The van der Waals surface area contributed by atoms with Crippen molar-refractivity contribution < 1.29 is 13.7 Å². The van der Waals surface area contributed by atoms with Gasteiger partial charge in [-0.15, -0.1) is 0 Å². The van der Waals surface area contributed by atoms with Gasteiger partial charge in [0.25, 0.3) is 0 Å². The molecule has 8 heteroatoms. The molecule has 0 fully saturated rings. The van der Waals surface area contributed by atoms with E-state index in [9.17, 15) is 4.57 Å². The molecule has 0 spiro atoms. The van der Waals surface area contributed by atoms with E-state index in [0.717, 1.165) is 5.56 Å². The summed E-state index contributed by atoms with van der Waals surface area (Å²) in [6.45, 7) is 2.50. The molecule has 1 atom stereocenters. The van der Waals surface area contributed by atoms with Crippen molar-refractivity contribution in [2.24, 2.45) is 5.16 Å². The predicted octanol–water partition coefficient (Wildman–Crippen LogP) is 5.37. The molecular weight excluding hydrogens is 382 g/mol. The number of hydrogen-bond donors (Lipinski definition) is 0. The average Bonchev–Trinajstić information content (AvgIpc) is 2.57. The summed E-state index contributed by atoms with van der Waals surface area (Å²) in [4.78, 5) is 1.82. The van der Waals surface area contributed by atoms with E-state index in [2.05, 4.69) is 5.16 Å². The van der Waals surface area contributed by atoms with Crippen LogP contribution in [0.2, 0.25) is 10.0 Å². The van der Waals surface area contributed by atoms with Crippen molar-refractivity contribution >= 4 is 36.6 Å². The van der Waals surface area contributed by atoms with E-state index in [1.807, 2.05) is 35.2 Å². The third-order valence-corrected chi connectivity index (χ3v) is 5.92. The largest absolute Gasteiger partial charge is 0.418 e. The summed E-state index contributed by atoms with van der Waals surface area (Å²) in [5, 5.41) is 4.95. The molecule has 0 radical (unpaired) electrons. The van der Waals surface area contributed by atoms with Crippen LogP contribution in [0.3, 0.4) is 0 Å². The van der Waals surface area contributed by atoms with E-state index < -0.39 is 7.60 Å². The average molecular weight is 399 g/mol. The Morgan fingerprint density at radius 2 is 1.84 bits per heavy atom. The van der Waals surface area contributed by atoms with Crippen molar-refractivity contribution in [2.45, 2.75) is 13.5 Å². The smallest absolute Gasteiger partial charge is 0.336 e. The van der Waals surface area contributed by atoms with Crippen molar-refractivity contribution in [3.8, 4) is 0 Å². The molecular formula is C17H17Cl2N2O3P. The van der Waals surface area contributed by atoms with E-state index in [-0.39, 0.29) is 12.9 Å². The molecule has 3 rings (SSSR count). The summed E-state index contributed by atoms with van der Waals surface area (Å²) in [5.41, 5.74) is 1.58. The van der Waals surface area contributed by atoms with E-state index >= 15 is 0 Å². The molecule has 0 saturated heterocycles. The van der Waals surface area contributed by atoms with Gasteiger partial charge in [0.05, 0.1) is 22.2 Å². The molecule has 5 nitrogen and oxygen atoms in total. The van der Waals surface area contributed by atoms with Crippen LogP contribution in [0.25, 0.3) is 0 Å². The summed E-state index contributed by atoms with van der Waals surface area (Å²) >= 11 is 12.6. The minimum absolute atomic E-state index is 0.0656. The first kappa shape index (κ1) is 18.3. The van der Waals surface area contributed by atoms with Crippen molar-refractivity contribution in [1.29, 1.82) is 0 Å². The number of amidine groups is 1. The van der Waals surface area contributed by atoms with Gasteiger partial charge in [0.2, 0.25) is 0 Å². The van der Waals surface area contributed by atoms with E-state index in [0.29, 0.717) is 28.0 Å². The van der Waals surface area contributed by atoms with Gasteiger partial charge >= 0.3 is 7.60 Å². The maximum Gasteiger partial charge on any atom is 0.418 e. The molecule has 0 aliphatic carbocycles. The zero-order valence-electron chi connectivity index (χ0n) is 13.6. The summed E-state index contributed by atoms with van der Waals surface area (Å²) in [6.07, 6.45) is 0.0656. The molecule has 0 saturated carbocycles. The molecule has 1 unspecified atom stereocenters. The number of nitrogens with zero attached hydrogens (tertiary/aromatic N) is 2. The molecule has 1 heterocycles. The number of rotatable bonds is 5. The fourth-order valence-corrected chi connectivity index (χ4v) is 4.56. The Bertz CT molecular complexity index is 810. The number of oxime groups is 1. The van der Waals surface area contributed by atoms with Gasteiger partial charge in [-0.3, -0.25) is 4.52 Å². The van der Waals surface area contributed by atoms with Crippen LogP contribution in [0, 0.1) is 0 Å². The number of halogens is 2. The van der Waals surface area contributed by atoms with Gasteiger partial charge in [-0.2, -0.15) is 0 Å². The first-order valence-electron chi connectivity index (χ1n) is 7.76. The Balaban J connectivity index is 2.01. The van der Waals surface area contributed by atoms with Gasteiger partial charge in [0, 0.05) is 6.54 Å². The van der Waals surface area contributed by atoms with Crippen LogP contribution in [-0.2, 0) is 20.3 Å². The summed E-state index contributed by atoms with van der Waals surface area (Å²) in [7, 11) is -3.34. The van der Waals surface area contributed by atoms with Crippen molar-refractivity contribution in [1.82, 2.24) is 4.90 Å².